The van der Waals surface area contributed by atoms with Gasteiger partial charge in [-0.1, -0.05) is 11.6 Å². The van der Waals surface area contributed by atoms with E-state index in [1.54, 1.807) is 6.20 Å². The van der Waals surface area contributed by atoms with Gasteiger partial charge in [0.2, 0.25) is 0 Å². The van der Waals surface area contributed by atoms with Gasteiger partial charge in [-0.05, 0) is 24.8 Å². The van der Waals surface area contributed by atoms with Crippen molar-refractivity contribution in [1.29, 1.82) is 0 Å². The zero-order chi connectivity index (χ0) is 13.9. The molecule has 0 atom stereocenters. The van der Waals surface area contributed by atoms with Crippen molar-refractivity contribution in [2.75, 3.05) is 19.8 Å². The van der Waals surface area contributed by atoms with Crippen LogP contribution < -0.4 is 5.32 Å². The number of aromatic amines is 1. The molecule has 6 heteroatoms. The molecule has 0 radical (unpaired) electrons. The molecule has 106 valence electrons. The SMILES string of the molecule is O=C(NCC1CCOCC1)c1cnc(Cl)c2[nH]ccc12. The lowest BCUT2D eigenvalue weighted by Crippen LogP contribution is -2.32. The Bertz CT molecular complexity index is 620. The lowest BCUT2D eigenvalue weighted by Gasteiger charge is -2.22. The Labute approximate surface area is 121 Å². The van der Waals surface area contributed by atoms with Crippen molar-refractivity contribution in [2.45, 2.75) is 12.8 Å². The third kappa shape index (κ3) is 2.64. The van der Waals surface area contributed by atoms with Gasteiger partial charge in [0.15, 0.2) is 5.15 Å². The highest BCUT2D eigenvalue weighted by Gasteiger charge is 2.17. The predicted molar refractivity (Wildman–Crippen MR) is 77.0 cm³/mol. The summed E-state index contributed by atoms with van der Waals surface area (Å²) in [4.78, 5) is 19.3. The Hall–Kier alpha value is -1.59. The Morgan fingerprint density at radius 1 is 1.50 bits per heavy atom. The lowest BCUT2D eigenvalue weighted by molar-refractivity contribution is 0.0643. The molecule has 3 heterocycles. The predicted octanol–water partition coefficient (Wildman–Crippen LogP) is 2.37. The van der Waals surface area contributed by atoms with Crippen LogP contribution in [0.2, 0.25) is 5.15 Å². The van der Waals surface area contributed by atoms with Crippen LogP contribution in [0.4, 0.5) is 0 Å². The highest BCUT2D eigenvalue weighted by atomic mass is 35.5. The van der Waals surface area contributed by atoms with Gasteiger partial charge in [0.25, 0.3) is 5.91 Å². The molecule has 0 bridgehead atoms. The number of fused-ring (bicyclic) bond motifs is 1. The number of nitrogens with one attached hydrogen (secondary N) is 2. The fourth-order valence-corrected chi connectivity index (χ4v) is 2.69. The molecule has 2 N–H and O–H groups in total. The second-order valence-electron chi connectivity index (χ2n) is 4.99. The van der Waals surface area contributed by atoms with Crippen molar-refractivity contribution in [3.05, 3.63) is 29.2 Å². The summed E-state index contributed by atoms with van der Waals surface area (Å²) in [7, 11) is 0. The summed E-state index contributed by atoms with van der Waals surface area (Å²) in [5, 5.41) is 4.16. The van der Waals surface area contributed by atoms with E-state index in [1.807, 2.05) is 6.07 Å². The van der Waals surface area contributed by atoms with Crippen molar-refractivity contribution < 1.29 is 9.53 Å². The van der Waals surface area contributed by atoms with Gasteiger partial charge >= 0.3 is 0 Å². The van der Waals surface area contributed by atoms with Crippen LogP contribution in [0.25, 0.3) is 10.9 Å². The second kappa shape index (κ2) is 5.81. The summed E-state index contributed by atoms with van der Waals surface area (Å²) in [6.45, 7) is 2.24. The van der Waals surface area contributed by atoms with E-state index in [0.29, 0.717) is 28.7 Å². The molecule has 20 heavy (non-hydrogen) atoms. The van der Waals surface area contributed by atoms with E-state index >= 15 is 0 Å². The number of hydrogen-bond donors (Lipinski definition) is 2. The van der Waals surface area contributed by atoms with Gasteiger partial charge in [-0.15, -0.1) is 0 Å². The number of halogens is 1. The highest BCUT2D eigenvalue weighted by Crippen LogP contribution is 2.23. The van der Waals surface area contributed by atoms with Gasteiger partial charge < -0.3 is 15.0 Å². The topological polar surface area (TPSA) is 67.0 Å². The molecule has 0 spiro atoms. The van der Waals surface area contributed by atoms with Crippen LogP contribution in [0.5, 0.6) is 0 Å². The number of ether oxygens (including phenoxy) is 1. The van der Waals surface area contributed by atoms with Gasteiger partial charge in [0.05, 0.1) is 11.1 Å². The molecule has 0 saturated carbocycles. The molecule has 0 aliphatic carbocycles. The van der Waals surface area contributed by atoms with E-state index in [0.717, 1.165) is 31.4 Å². The number of carbonyl (C=O) groups excluding carboxylic acids is 1. The Morgan fingerprint density at radius 3 is 3.10 bits per heavy atom. The summed E-state index contributed by atoms with van der Waals surface area (Å²) in [6.07, 6.45) is 5.28. The summed E-state index contributed by atoms with van der Waals surface area (Å²) in [6, 6.07) is 1.84. The van der Waals surface area contributed by atoms with Crippen LogP contribution in [-0.2, 0) is 4.74 Å². The normalized spacial score (nSPS) is 16.4. The van der Waals surface area contributed by atoms with E-state index < -0.39 is 0 Å². The molecule has 5 nitrogen and oxygen atoms in total. The van der Waals surface area contributed by atoms with Crippen molar-refractivity contribution in [3.63, 3.8) is 0 Å². The molecule has 1 aliphatic heterocycles. The molecular formula is C14H16ClN3O2. The molecular weight excluding hydrogens is 278 g/mol. The van der Waals surface area contributed by atoms with E-state index in [4.69, 9.17) is 16.3 Å². The van der Waals surface area contributed by atoms with Crippen LogP contribution in [0.1, 0.15) is 23.2 Å². The first-order chi connectivity index (χ1) is 9.75. The van der Waals surface area contributed by atoms with Gasteiger partial charge in [-0.25, -0.2) is 4.98 Å². The lowest BCUT2D eigenvalue weighted by atomic mass is 10.0. The molecule has 1 aliphatic rings. The molecule has 2 aromatic rings. The first-order valence-electron chi connectivity index (χ1n) is 6.73. The largest absolute Gasteiger partial charge is 0.381 e. The zero-order valence-electron chi connectivity index (χ0n) is 11.0. The zero-order valence-corrected chi connectivity index (χ0v) is 11.7. The quantitative estimate of drug-likeness (QED) is 0.854. The van der Waals surface area contributed by atoms with Crippen LogP contribution in [-0.4, -0.2) is 35.6 Å². The van der Waals surface area contributed by atoms with Crippen molar-refractivity contribution in [2.24, 2.45) is 5.92 Å². The summed E-state index contributed by atoms with van der Waals surface area (Å²) in [5.41, 5.74) is 1.25. The standard InChI is InChI=1S/C14H16ClN3O2/c15-13-12-10(1-4-16-12)11(8-17-13)14(19)18-7-9-2-5-20-6-3-9/h1,4,8-9,16H,2-3,5-7H2,(H,18,19). The molecule has 1 fully saturated rings. The van der Waals surface area contributed by atoms with E-state index in [1.165, 1.54) is 6.20 Å². The highest BCUT2D eigenvalue weighted by molar-refractivity contribution is 6.34. The van der Waals surface area contributed by atoms with Crippen LogP contribution >= 0.6 is 11.6 Å². The van der Waals surface area contributed by atoms with Crippen LogP contribution in [0.15, 0.2) is 18.5 Å². The van der Waals surface area contributed by atoms with Crippen molar-refractivity contribution >= 4 is 28.4 Å². The third-order valence-corrected chi connectivity index (χ3v) is 3.97. The smallest absolute Gasteiger partial charge is 0.253 e. The maximum absolute atomic E-state index is 12.3. The fraction of sp³-hybridized carbons (Fsp3) is 0.429. The molecule has 0 aromatic carbocycles. The van der Waals surface area contributed by atoms with E-state index in [2.05, 4.69) is 15.3 Å². The number of rotatable bonds is 3. The number of hydrogen-bond acceptors (Lipinski definition) is 3. The van der Waals surface area contributed by atoms with E-state index in [-0.39, 0.29) is 5.91 Å². The number of carbonyl (C=O) groups is 1. The second-order valence-corrected chi connectivity index (χ2v) is 5.35. The number of aromatic nitrogens is 2. The Kier molecular flexibility index (Phi) is 3.89. The summed E-state index contributed by atoms with van der Waals surface area (Å²) < 4.78 is 5.31. The number of H-pyrrole nitrogens is 1. The number of nitrogens with zero attached hydrogens (tertiary/aromatic N) is 1. The van der Waals surface area contributed by atoms with Gasteiger partial charge in [0.1, 0.15) is 0 Å². The van der Waals surface area contributed by atoms with Gasteiger partial charge in [-0.3, -0.25) is 4.79 Å². The van der Waals surface area contributed by atoms with Crippen molar-refractivity contribution in [1.82, 2.24) is 15.3 Å². The maximum Gasteiger partial charge on any atom is 0.253 e. The molecule has 1 saturated heterocycles. The Balaban J connectivity index is 1.72. The fourth-order valence-electron chi connectivity index (χ4n) is 2.48. The first-order valence-corrected chi connectivity index (χ1v) is 7.11. The molecule has 3 rings (SSSR count). The monoisotopic (exact) mass is 293 g/mol. The first kappa shape index (κ1) is 13.4. The van der Waals surface area contributed by atoms with Gasteiger partial charge in [-0.2, -0.15) is 0 Å². The van der Waals surface area contributed by atoms with Crippen molar-refractivity contribution in [3.8, 4) is 0 Å². The van der Waals surface area contributed by atoms with Gasteiger partial charge in [0, 0.05) is 37.5 Å². The molecule has 2 aromatic heterocycles. The molecule has 1 amide bonds. The Morgan fingerprint density at radius 2 is 2.30 bits per heavy atom. The molecule has 0 unspecified atom stereocenters. The van der Waals surface area contributed by atoms with Crippen LogP contribution in [0, 0.1) is 5.92 Å². The summed E-state index contributed by atoms with van der Waals surface area (Å²) in [5.74, 6) is 0.389. The average Bonchev–Trinajstić information content (AvgIpc) is 2.96. The third-order valence-electron chi connectivity index (χ3n) is 3.69. The minimum absolute atomic E-state index is 0.106. The van der Waals surface area contributed by atoms with E-state index in [9.17, 15) is 4.79 Å². The average molecular weight is 294 g/mol. The maximum atomic E-state index is 12.3. The minimum Gasteiger partial charge on any atom is -0.381 e. The van der Waals surface area contributed by atoms with Crippen LogP contribution in [0.3, 0.4) is 0 Å². The number of pyridine rings is 1. The minimum atomic E-state index is -0.106. The summed E-state index contributed by atoms with van der Waals surface area (Å²) >= 11 is 5.99. The number of amides is 1.